The van der Waals surface area contributed by atoms with Crippen LogP contribution in [0.2, 0.25) is 0 Å². The van der Waals surface area contributed by atoms with Crippen molar-refractivity contribution < 1.29 is 9.18 Å². The van der Waals surface area contributed by atoms with E-state index in [1.165, 1.54) is 18.2 Å². The van der Waals surface area contributed by atoms with E-state index in [1.54, 1.807) is 6.07 Å². The Kier molecular flexibility index (Phi) is 4.90. The molecule has 0 fully saturated rings. The van der Waals surface area contributed by atoms with E-state index < -0.39 is 5.82 Å². The Labute approximate surface area is 126 Å². The van der Waals surface area contributed by atoms with E-state index in [0.717, 1.165) is 16.5 Å². The zero-order valence-electron chi connectivity index (χ0n) is 11.1. The lowest BCUT2D eigenvalue weighted by molar-refractivity contribution is 0.0935. The van der Waals surface area contributed by atoms with Gasteiger partial charge in [-0.2, -0.15) is 0 Å². The van der Waals surface area contributed by atoms with Crippen molar-refractivity contribution in [2.45, 2.75) is 19.4 Å². The molecular weight excluding hydrogens is 321 g/mol. The lowest BCUT2D eigenvalue weighted by Crippen LogP contribution is -2.28. The van der Waals surface area contributed by atoms with E-state index >= 15 is 0 Å². The van der Waals surface area contributed by atoms with Crippen LogP contribution < -0.4 is 5.32 Å². The Bertz CT molecular complexity index is 598. The SMILES string of the molecule is CCC(NC(=O)c1cccc(F)c1)c1ccc(Br)cc1. The predicted molar refractivity (Wildman–Crippen MR) is 81.0 cm³/mol. The largest absolute Gasteiger partial charge is 0.345 e. The topological polar surface area (TPSA) is 29.1 Å². The van der Waals surface area contributed by atoms with Gasteiger partial charge in [-0.1, -0.05) is 41.1 Å². The summed E-state index contributed by atoms with van der Waals surface area (Å²) in [6.45, 7) is 2.00. The van der Waals surface area contributed by atoms with Gasteiger partial charge in [0, 0.05) is 10.0 Å². The van der Waals surface area contributed by atoms with Crippen molar-refractivity contribution in [2.24, 2.45) is 0 Å². The minimum atomic E-state index is -0.408. The zero-order chi connectivity index (χ0) is 14.5. The summed E-state index contributed by atoms with van der Waals surface area (Å²) < 4.78 is 14.1. The van der Waals surface area contributed by atoms with Gasteiger partial charge in [-0.25, -0.2) is 4.39 Å². The molecule has 0 bridgehead atoms. The molecule has 0 radical (unpaired) electrons. The van der Waals surface area contributed by atoms with Crippen LogP contribution in [0.4, 0.5) is 4.39 Å². The highest BCUT2D eigenvalue weighted by molar-refractivity contribution is 9.10. The van der Waals surface area contributed by atoms with Crippen molar-refractivity contribution in [2.75, 3.05) is 0 Å². The number of carbonyl (C=O) groups excluding carboxylic acids is 1. The van der Waals surface area contributed by atoms with Gasteiger partial charge < -0.3 is 5.32 Å². The first-order valence-electron chi connectivity index (χ1n) is 6.42. The first-order chi connectivity index (χ1) is 9.60. The van der Waals surface area contributed by atoms with Gasteiger partial charge in [0.15, 0.2) is 0 Å². The minimum absolute atomic E-state index is 0.0844. The van der Waals surface area contributed by atoms with Gasteiger partial charge in [0.1, 0.15) is 5.82 Å². The van der Waals surface area contributed by atoms with E-state index in [4.69, 9.17) is 0 Å². The van der Waals surface area contributed by atoms with Crippen molar-refractivity contribution in [1.29, 1.82) is 0 Å². The fraction of sp³-hybridized carbons (Fsp3) is 0.188. The number of hydrogen-bond acceptors (Lipinski definition) is 1. The Morgan fingerprint density at radius 3 is 2.55 bits per heavy atom. The average Bonchev–Trinajstić information content (AvgIpc) is 2.45. The van der Waals surface area contributed by atoms with Gasteiger partial charge in [-0.3, -0.25) is 4.79 Å². The Morgan fingerprint density at radius 1 is 1.25 bits per heavy atom. The fourth-order valence-electron chi connectivity index (χ4n) is 1.99. The molecule has 20 heavy (non-hydrogen) atoms. The molecule has 0 aliphatic carbocycles. The molecule has 4 heteroatoms. The smallest absolute Gasteiger partial charge is 0.251 e. The van der Waals surface area contributed by atoms with Gasteiger partial charge in [0.2, 0.25) is 0 Å². The molecule has 104 valence electrons. The summed E-state index contributed by atoms with van der Waals surface area (Å²) in [5, 5.41) is 2.93. The second kappa shape index (κ2) is 6.66. The molecule has 0 aliphatic heterocycles. The van der Waals surface area contributed by atoms with Crippen LogP contribution in [0, 0.1) is 5.82 Å². The molecular formula is C16H15BrFNO. The van der Waals surface area contributed by atoms with Crippen molar-refractivity contribution in [1.82, 2.24) is 5.32 Å². The van der Waals surface area contributed by atoms with E-state index in [1.807, 2.05) is 31.2 Å². The van der Waals surface area contributed by atoms with Crippen LogP contribution in [0.25, 0.3) is 0 Å². The highest BCUT2D eigenvalue weighted by Gasteiger charge is 2.14. The van der Waals surface area contributed by atoms with Gasteiger partial charge >= 0.3 is 0 Å². The van der Waals surface area contributed by atoms with Crippen molar-refractivity contribution in [3.63, 3.8) is 0 Å². The van der Waals surface area contributed by atoms with Gasteiger partial charge in [-0.05, 0) is 42.3 Å². The summed E-state index contributed by atoms with van der Waals surface area (Å²) in [6, 6.07) is 13.4. The Morgan fingerprint density at radius 2 is 1.95 bits per heavy atom. The predicted octanol–water partition coefficient (Wildman–Crippen LogP) is 4.47. The lowest BCUT2D eigenvalue weighted by atomic mass is 10.0. The van der Waals surface area contributed by atoms with Gasteiger partial charge in [0.05, 0.1) is 6.04 Å². The van der Waals surface area contributed by atoms with E-state index in [0.29, 0.717) is 5.56 Å². The van der Waals surface area contributed by atoms with Crippen molar-refractivity contribution >= 4 is 21.8 Å². The molecule has 0 aromatic heterocycles. The summed E-state index contributed by atoms with van der Waals surface area (Å²) in [7, 11) is 0. The molecule has 0 spiro atoms. The van der Waals surface area contributed by atoms with Crippen LogP contribution in [0.1, 0.15) is 35.3 Å². The number of hydrogen-bond donors (Lipinski definition) is 1. The molecule has 2 aromatic rings. The molecule has 1 N–H and O–H groups in total. The molecule has 2 aromatic carbocycles. The number of rotatable bonds is 4. The molecule has 0 saturated carbocycles. The Balaban J connectivity index is 2.14. The number of halogens is 2. The van der Waals surface area contributed by atoms with Crippen molar-refractivity contribution in [3.05, 3.63) is 69.9 Å². The molecule has 1 atom stereocenters. The number of nitrogens with one attached hydrogen (secondary N) is 1. The van der Waals surface area contributed by atoms with Crippen LogP contribution in [0.5, 0.6) is 0 Å². The highest BCUT2D eigenvalue weighted by atomic mass is 79.9. The third-order valence-electron chi connectivity index (χ3n) is 3.07. The summed E-state index contributed by atoms with van der Waals surface area (Å²) in [5.41, 5.74) is 1.36. The molecule has 2 nitrogen and oxygen atoms in total. The third kappa shape index (κ3) is 3.67. The maximum absolute atomic E-state index is 13.1. The first-order valence-corrected chi connectivity index (χ1v) is 7.21. The average molecular weight is 336 g/mol. The lowest BCUT2D eigenvalue weighted by Gasteiger charge is -2.17. The van der Waals surface area contributed by atoms with Crippen molar-refractivity contribution in [3.8, 4) is 0 Å². The van der Waals surface area contributed by atoms with E-state index in [2.05, 4.69) is 21.2 Å². The van der Waals surface area contributed by atoms with Crippen LogP contribution in [0.15, 0.2) is 53.0 Å². The molecule has 0 saturated heterocycles. The standard InChI is InChI=1S/C16H15BrFNO/c1-2-15(11-6-8-13(17)9-7-11)19-16(20)12-4-3-5-14(18)10-12/h3-10,15H,2H2,1H3,(H,19,20). The molecule has 0 aliphatic rings. The highest BCUT2D eigenvalue weighted by Crippen LogP contribution is 2.20. The summed E-state index contributed by atoms with van der Waals surface area (Å²) in [6.07, 6.45) is 0.767. The molecule has 0 heterocycles. The third-order valence-corrected chi connectivity index (χ3v) is 3.60. The van der Waals surface area contributed by atoms with E-state index in [-0.39, 0.29) is 11.9 Å². The second-order valence-electron chi connectivity index (χ2n) is 4.50. The van der Waals surface area contributed by atoms with E-state index in [9.17, 15) is 9.18 Å². The quantitative estimate of drug-likeness (QED) is 0.877. The van der Waals surface area contributed by atoms with Crippen LogP contribution in [0.3, 0.4) is 0 Å². The summed E-state index contributed by atoms with van der Waals surface area (Å²) in [4.78, 5) is 12.1. The van der Waals surface area contributed by atoms with Gasteiger partial charge in [-0.15, -0.1) is 0 Å². The van der Waals surface area contributed by atoms with Crippen LogP contribution >= 0.6 is 15.9 Å². The summed E-state index contributed by atoms with van der Waals surface area (Å²) >= 11 is 3.38. The maximum Gasteiger partial charge on any atom is 0.251 e. The maximum atomic E-state index is 13.1. The molecule has 2 rings (SSSR count). The second-order valence-corrected chi connectivity index (χ2v) is 5.41. The first kappa shape index (κ1) is 14.7. The van der Waals surface area contributed by atoms with Gasteiger partial charge in [0.25, 0.3) is 5.91 Å². The minimum Gasteiger partial charge on any atom is -0.345 e. The fourth-order valence-corrected chi connectivity index (χ4v) is 2.25. The number of amides is 1. The number of benzene rings is 2. The monoisotopic (exact) mass is 335 g/mol. The molecule has 1 amide bonds. The Hall–Kier alpha value is -1.68. The van der Waals surface area contributed by atoms with Crippen LogP contribution in [-0.2, 0) is 0 Å². The summed E-state index contributed by atoms with van der Waals surface area (Å²) in [5.74, 6) is -0.673. The number of carbonyl (C=O) groups is 1. The molecule has 1 unspecified atom stereocenters. The van der Waals surface area contributed by atoms with Crippen LogP contribution in [-0.4, -0.2) is 5.91 Å². The zero-order valence-corrected chi connectivity index (χ0v) is 12.7. The normalized spacial score (nSPS) is 11.9.